The van der Waals surface area contributed by atoms with Crippen LogP contribution in [-0.4, -0.2) is 27.9 Å². The molecule has 0 unspecified atom stereocenters. The summed E-state index contributed by atoms with van der Waals surface area (Å²) in [7, 11) is 0. The number of oxazole rings is 1. The molecule has 3 amide bonds. The minimum Gasteiger partial charge on any atom is -0.439 e. The van der Waals surface area contributed by atoms with Crippen molar-refractivity contribution in [2.75, 3.05) is 0 Å². The van der Waals surface area contributed by atoms with Crippen LogP contribution in [0.5, 0.6) is 0 Å². The molecule has 1 aromatic heterocycles. The Hall–Kier alpha value is -2.70. The fourth-order valence-electron chi connectivity index (χ4n) is 2.48. The maximum Gasteiger partial charge on any atom is 0.325 e. The number of carbonyl (C=O) groups is 2. The first-order valence-electron chi connectivity index (χ1n) is 7.41. The van der Waals surface area contributed by atoms with Crippen LogP contribution in [0.1, 0.15) is 25.7 Å². The number of halogens is 1. The van der Waals surface area contributed by atoms with Gasteiger partial charge in [-0.05, 0) is 30.7 Å². The smallest absolute Gasteiger partial charge is 0.325 e. The monoisotopic (exact) mass is 317 g/mol. The van der Waals surface area contributed by atoms with Crippen LogP contribution in [0.2, 0.25) is 0 Å². The van der Waals surface area contributed by atoms with Crippen LogP contribution in [-0.2, 0) is 11.3 Å². The summed E-state index contributed by atoms with van der Waals surface area (Å²) in [6.45, 7) is 1.93. The third-order valence-electron chi connectivity index (χ3n) is 3.66. The number of carbonyl (C=O) groups excluding carboxylic acids is 2. The molecule has 6 nitrogen and oxygen atoms in total. The van der Waals surface area contributed by atoms with Crippen molar-refractivity contribution in [1.82, 2.24) is 15.2 Å². The van der Waals surface area contributed by atoms with Crippen molar-refractivity contribution in [2.24, 2.45) is 0 Å². The van der Waals surface area contributed by atoms with E-state index in [0.29, 0.717) is 17.7 Å². The zero-order valence-electron chi connectivity index (χ0n) is 12.6. The lowest BCUT2D eigenvalue weighted by atomic mass is 10.2. The molecule has 1 aliphatic heterocycles. The second-order valence-corrected chi connectivity index (χ2v) is 5.34. The van der Waals surface area contributed by atoms with Crippen LogP contribution in [0.3, 0.4) is 0 Å². The number of amides is 3. The van der Waals surface area contributed by atoms with Gasteiger partial charge in [-0.25, -0.2) is 14.2 Å². The van der Waals surface area contributed by atoms with Crippen LogP contribution < -0.4 is 5.32 Å². The summed E-state index contributed by atoms with van der Waals surface area (Å²) in [6.07, 6.45) is 2.90. The second kappa shape index (κ2) is 6.20. The summed E-state index contributed by atoms with van der Waals surface area (Å²) in [6, 6.07) is 4.89. The van der Waals surface area contributed by atoms with Crippen LogP contribution in [0, 0.1) is 5.82 Å². The van der Waals surface area contributed by atoms with E-state index in [-0.39, 0.29) is 24.2 Å². The molecule has 0 spiro atoms. The zero-order chi connectivity index (χ0) is 16.4. The summed E-state index contributed by atoms with van der Waals surface area (Å²) in [5.74, 6) is 0.107. The fourth-order valence-corrected chi connectivity index (χ4v) is 2.48. The Kier molecular flexibility index (Phi) is 4.10. The van der Waals surface area contributed by atoms with E-state index < -0.39 is 12.1 Å². The highest BCUT2D eigenvalue weighted by molar-refractivity contribution is 6.04. The molecular weight excluding hydrogens is 301 g/mol. The molecule has 0 saturated carbocycles. The number of rotatable bonds is 5. The highest BCUT2D eigenvalue weighted by atomic mass is 19.1. The van der Waals surface area contributed by atoms with Gasteiger partial charge in [0.1, 0.15) is 18.4 Å². The first-order valence-corrected chi connectivity index (χ1v) is 7.41. The van der Waals surface area contributed by atoms with E-state index in [9.17, 15) is 14.0 Å². The first-order chi connectivity index (χ1) is 11.1. The molecule has 1 atom stereocenters. The van der Waals surface area contributed by atoms with Crippen LogP contribution in [0.25, 0.3) is 11.3 Å². The summed E-state index contributed by atoms with van der Waals surface area (Å²) < 4.78 is 18.5. The standard InChI is InChI=1S/C16H16FN3O3/c1-2-3-12-15(21)20(16(22)19-12)9-14-18-8-13(23-14)10-4-6-11(17)7-5-10/h4-8,12H,2-3,9H2,1H3,(H,19,22)/t12-/m0/s1. The van der Waals surface area contributed by atoms with E-state index in [1.165, 1.54) is 18.3 Å². The Morgan fingerprint density at radius 1 is 1.30 bits per heavy atom. The number of hydrogen-bond acceptors (Lipinski definition) is 4. The predicted octanol–water partition coefficient (Wildman–Crippen LogP) is 2.70. The molecule has 23 heavy (non-hydrogen) atoms. The minimum atomic E-state index is -0.473. The van der Waals surface area contributed by atoms with Crippen LogP contribution in [0.4, 0.5) is 9.18 Å². The van der Waals surface area contributed by atoms with E-state index in [0.717, 1.165) is 11.3 Å². The van der Waals surface area contributed by atoms with E-state index >= 15 is 0 Å². The Balaban J connectivity index is 1.73. The highest BCUT2D eigenvalue weighted by Gasteiger charge is 2.37. The van der Waals surface area contributed by atoms with Crippen molar-refractivity contribution >= 4 is 11.9 Å². The summed E-state index contributed by atoms with van der Waals surface area (Å²) >= 11 is 0. The third kappa shape index (κ3) is 3.08. The van der Waals surface area contributed by atoms with Gasteiger partial charge in [-0.15, -0.1) is 0 Å². The van der Waals surface area contributed by atoms with Gasteiger partial charge in [0.05, 0.1) is 6.20 Å². The maximum atomic E-state index is 12.9. The van der Waals surface area contributed by atoms with E-state index in [1.54, 1.807) is 12.1 Å². The summed E-state index contributed by atoms with van der Waals surface area (Å²) in [4.78, 5) is 29.2. The van der Waals surface area contributed by atoms with Crippen molar-refractivity contribution in [2.45, 2.75) is 32.4 Å². The third-order valence-corrected chi connectivity index (χ3v) is 3.66. The molecule has 0 bridgehead atoms. The SMILES string of the molecule is CCC[C@@H]1NC(=O)N(Cc2ncc(-c3ccc(F)cc3)o2)C1=O. The number of urea groups is 1. The Labute approximate surface area is 132 Å². The Bertz CT molecular complexity index is 726. The lowest BCUT2D eigenvalue weighted by Crippen LogP contribution is -2.31. The van der Waals surface area contributed by atoms with Gasteiger partial charge in [-0.1, -0.05) is 13.3 Å². The number of aromatic nitrogens is 1. The molecule has 0 aliphatic carbocycles. The van der Waals surface area contributed by atoms with Gasteiger partial charge in [-0.2, -0.15) is 0 Å². The first kappa shape index (κ1) is 15.2. The highest BCUT2D eigenvalue weighted by Crippen LogP contribution is 2.22. The Morgan fingerprint density at radius 3 is 2.74 bits per heavy atom. The molecule has 120 valence electrons. The normalized spacial score (nSPS) is 17.7. The topological polar surface area (TPSA) is 75.4 Å². The molecular formula is C16H16FN3O3. The molecule has 1 fully saturated rings. The van der Waals surface area contributed by atoms with Gasteiger partial charge in [0.15, 0.2) is 5.76 Å². The van der Waals surface area contributed by atoms with Crippen molar-refractivity contribution in [3.63, 3.8) is 0 Å². The predicted molar refractivity (Wildman–Crippen MR) is 79.7 cm³/mol. The minimum absolute atomic E-state index is 0.0218. The van der Waals surface area contributed by atoms with Gasteiger partial charge in [0.2, 0.25) is 5.89 Å². The lowest BCUT2D eigenvalue weighted by Gasteiger charge is -2.10. The fraction of sp³-hybridized carbons (Fsp3) is 0.312. The average Bonchev–Trinajstić information content (AvgIpc) is 3.10. The molecule has 2 aromatic rings. The second-order valence-electron chi connectivity index (χ2n) is 5.34. The van der Waals surface area contributed by atoms with E-state index in [2.05, 4.69) is 10.3 Å². The summed E-state index contributed by atoms with van der Waals surface area (Å²) in [5.41, 5.74) is 0.672. The maximum absolute atomic E-state index is 12.9. The van der Waals surface area contributed by atoms with Crippen molar-refractivity contribution in [3.8, 4) is 11.3 Å². The van der Waals surface area contributed by atoms with Gasteiger partial charge in [-0.3, -0.25) is 9.69 Å². The molecule has 0 radical (unpaired) electrons. The van der Waals surface area contributed by atoms with Gasteiger partial charge in [0.25, 0.3) is 5.91 Å². The van der Waals surface area contributed by atoms with Crippen LogP contribution in [0.15, 0.2) is 34.9 Å². The number of benzene rings is 1. The van der Waals surface area contributed by atoms with Crippen molar-refractivity contribution < 1.29 is 18.4 Å². The molecule has 3 rings (SSSR count). The van der Waals surface area contributed by atoms with Gasteiger partial charge in [0, 0.05) is 5.56 Å². The van der Waals surface area contributed by atoms with Crippen LogP contribution >= 0.6 is 0 Å². The average molecular weight is 317 g/mol. The number of imide groups is 1. The van der Waals surface area contributed by atoms with Crippen molar-refractivity contribution in [1.29, 1.82) is 0 Å². The molecule has 1 N–H and O–H groups in total. The largest absolute Gasteiger partial charge is 0.439 e. The van der Waals surface area contributed by atoms with E-state index in [4.69, 9.17) is 4.42 Å². The number of nitrogens with one attached hydrogen (secondary N) is 1. The lowest BCUT2D eigenvalue weighted by molar-refractivity contribution is -0.128. The van der Waals surface area contributed by atoms with Crippen molar-refractivity contribution in [3.05, 3.63) is 42.2 Å². The zero-order valence-corrected chi connectivity index (χ0v) is 12.6. The summed E-state index contributed by atoms with van der Waals surface area (Å²) in [5, 5.41) is 2.65. The van der Waals surface area contributed by atoms with Gasteiger partial charge >= 0.3 is 6.03 Å². The number of nitrogens with zero attached hydrogens (tertiary/aromatic N) is 2. The van der Waals surface area contributed by atoms with E-state index in [1.807, 2.05) is 6.92 Å². The molecule has 2 heterocycles. The number of hydrogen-bond donors (Lipinski definition) is 1. The molecule has 1 saturated heterocycles. The quantitative estimate of drug-likeness (QED) is 0.860. The molecule has 1 aromatic carbocycles. The molecule has 7 heteroatoms. The Morgan fingerprint density at radius 2 is 2.04 bits per heavy atom. The molecule has 1 aliphatic rings. The van der Waals surface area contributed by atoms with Gasteiger partial charge < -0.3 is 9.73 Å².